The predicted molar refractivity (Wildman–Crippen MR) is 61.3 cm³/mol. The maximum atomic E-state index is 11.1. The van der Waals surface area contributed by atoms with Crippen LogP contribution in [0.15, 0.2) is 21.1 Å². The first-order valence-electron chi connectivity index (χ1n) is 3.42. The topological polar surface area (TPSA) is 55.8 Å². The van der Waals surface area contributed by atoms with Gasteiger partial charge in [-0.25, -0.2) is 4.57 Å². The largest absolute Gasteiger partial charge is 0.472 e. The molecule has 0 aromatic heterocycles. The summed E-state index contributed by atoms with van der Waals surface area (Å²) in [6.45, 7) is -0.665. The van der Waals surface area contributed by atoms with E-state index in [-0.39, 0.29) is 23.3 Å². The van der Waals surface area contributed by atoms with Gasteiger partial charge in [-0.3, -0.25) is 9.05 Å². The number of phosphoric acid groups is 1. The van der Waals surface area contributed by atoms with Gasteiger partial charge in [0.05, 0.1) is 23.3 Å². The van der Waals surface area contributed by atoms with E-state index < -0.39 is 7.82 Å². The molecule has 0 aliphatic carbocycles. The monoisotopic (exact) mass is 314 g/mol. The molecule has 0 radical (unpaired) electrons. The van der Waals surface area contributed by atoms with Crippen molar-refractivity contribution in [2.45, 2.75) is 0 Å². The maximum Gasteiger partial charge on any atom is 0.472 e. The van der Waals surface area contributed by atoms with Crippen LogP contribution in [0.3, 0.4) is 0 Å². The molecule has 0 unspecified atom stereocenters. The van der Waals surface area contributed by atoms with Crippen LogP contribution in [-0.2, 0) is 13.6 Å². The Bertz CT molecular complexity index is 278. The van der Waals surface area contributed by atoms with Gasteiger partial charge in [0.2, 0.25) is 0 Å². The van der Waals surface area contributed by atoms with Crippen molar-refractivity contribution in [2.24, 2.45) is 0 Å². The van der Waals surface area contributed by atoms with Crippen molar-refractivity contribution in [1.82, 2.24) is 0 Å². The molecule has 0 saturated carbocycles. The Morgan fingerprint density at radius 2 is 1.47 bits per heavy atom. The average molecular weight is 316 g/mol. The Morgan fingerprint density at radius 3 is 1.73 bits per heavy atom. The van der Waals surface area contributed by atoms with Gasteiger partial charge in [-0.1, -0.05) is 46.4 Å². The Labute approximate surface area is 107 Å². The SMILES string of the molecule is O=P(O)(OCC(Cl)=CCl)OCC(Cl)=CCl. The van der Waals surface area contributed by atoms with E-state index in [1.165, 1.54) is 0 Å². The smallest absolute Gasteiger partial charge is 0.302 e. The van der Waals surface area contributed by atoms with Gasteiger partial charge in [-0.15, -0.1) is 0 Å². The minimum atomic E-state index is -4.19. The van der Waals surface area contributed by atoms with E-state index >= 15 is 0 Å². The van der Waals surface area contributed by atoms with E-state index in [0.717, 1.165) is 11.1 Å². The second-order valence-corrected chi connectivity index (χ2v) is 4.99. The van der Waals surface area contributed by atoms with Crippen molar-refractivity contribution in [2.75, 3.05) is 13.2 Å². The lowest BCUT2D eigenvalue weighted by molar-refractivity contribution is 0.172. The van der Waals surface area contributed by atoms with Gasteiger partial charge in [-0.05, 0) is 0 Å². The Hall–Kier alpha value is 0.750. The lowest BCUT2D eigenvalue weighted by Gasteiger charge is -2.10. The number of halogens is 4. The molecule has 0 bridgehead atoms. The molecule has 0 heterocycles. The van der Waals surface area contributed by atoms with Crippen LogP contribution in [0, 0.1) is 0 Å². The van der Waals surface area contributed by atoms with Crippen LogP contribution >= 0.6 is 54.2 Å². The summed E-state index contributed by atoms with van der Waals surface area (Å²) in [5.74, 6) is 0. The van der Waals surface area contributed by atoms with Gasteiger partial charge < -0.3 is 4.89 Å². The first-order valence-corrected chi connectivity index (χ1v) is 6.55. The molecule has 1 N–H and O–H groups in total. The quantitative estimate of drug-likeness (QED) is 0.758. The molecule has 0 atom stereocenters. The highest BCUT2D eigenvalue weighted by atomic mass is 35.5. The molecular formula is C6H7Cl4O4P. The van der Waals surface area contributed by atoms with Crippen LogP contribution in [0.2, 0.25) is 0 Å². The molecule has 4 nitrogen and oxygen atoms in total. The number of hydrogen-bond acceptors (Lipinski definition) is 3. The molecule has 15 heavy (non-hydrogen) atoms. The van der Waals surface area contributed by atoms with E-state index in [1.807, 2.05) is 0 Å². The highest BCUT2D eigenvalue weighted by Gasteiger charge is 2.21. The fourth-order valence-corrected chi connectivity index (χ4v) is 1.45. The third kappa shape index (κ3) is 8.55. The summed E-state index contributed by atoms with van der Waals surface area (Å²) in [4.78, 5) is 9.06. The van der Waals surface area contributed by atoms with Crippen LogP contribution in [0.25, 0.3) is 0 Å². The van der Waals surface area contributed by atoms with E-state index in [0.29, 0.717) is 0 Å². The van der Waals surface area contributed by atoms with Crippen LogP contribution in [-0.4, -0.2) is 18.1 Å². The summed E-state index contributed by atoms with van der Waals surface area (Å²) >= 11 is 21.2. The summed E-state index contributed by atoms with van der Waals surface area (Å²) in [6.07, 6.45) is 0. The molecule has 9 heteroatoms. The molecular weight excluding hydrogens is 309 g/mol. The van der Waals surface area contributed by atoms with Gasteiger partial charge in [0.1, 0.15) is 0 Å². The molecule has 0 aliphatic heterocycles. The summed E-state index contributed by atoms with van der Waals surface area (Å²) in [5, 5.41) is 0.127. The molecule has 0 rings (SSSR count). The van der Waals surface area contributed by atoms with Crippen molar-refractivity contribution in [3.8, 4) is 0 Å². The molecule has 88 valence electrons. The van der Waals surface area contributed by atoms with Crippen molar-refractivity contribution < 1.29 is 18.5 Å². The van der Waals surface area contributed by atoms with Gasteiger partial charge in [0, 0.05) is 11.1 Å². The third-order valence-electron chi connectivity index (χ3n) is 0.968. The Morgan fingerprint density at radius 1 is 1.13 bits per heavy atom. The molecule has 0 aromatic carbocycles. The van der Waals surface area contributed by atoms with Crippen LogP contribution < -0.4 is 0 Å². The first kappa shape index (κ1) is 15.8. The van der Waals surface area contributed by atoms with Gasteiger partial charge in [0.25, 0.3) is 0 Å². The zero-order chi connectivity index (χ0) is 11.9. The summed E-state index contributed by atoms with van der Waals surface area (Å²) in [5.41, 5.74) is 2.01. The zero-order valence-corrected chi connectivity index (χ0v) is 11.1. The van der Waals surface area contributed by atoms with Crippen LogP contribution in [0.1, 0.15) is 0 Å². The fourth-order valence-electron chi connectivity index (χ4n) is 0.387. The van der Waals surface area contributed by atoms with Crippen molar-refractivity contribution in [1.29, 1.82) is 0 Å². The lowest BCUT2D eigenvalue weighted by atomic mass is 10.7. The fraction of sp³-hybridized carbons (Fsp3) is 0.333. The summed E-state index contributed by atoms with van der Waals surface area (Å²) < 4.78 is 20.0. The van der Waals surface area contributed by atoms with E-state index in [4.69, 9.17) is 51.3 Å². The van der Waals surface area contributed by atoms with E-state index in [1.54, 1.807) is 0 Å². The first-order chi connectivity index (χ1) is 6.91. The molecule has 0 aliphatic rings. The highest BCUT2D eigenvalue weighted by molar-refractivity contribution is 7.47. The lowest BCUT2D eigenvalue weighted by Crippen LogP contribution is -1.98. The van der Waals surface area contributed by atoms with Crippen molar-refractivity contribution in [3.63, 3.8) is 0 Å². The number of rotatable bonds is 6. The second kappa shape index (κ2) is 7.93. The predicted octanol–water partition coefficient (Wildman–Crippen LogP) is 3.76. The van der Waals surface area contributed by atoms with Crippen molar-refractivity contribution >= 4 is 54.2 Å². The van der Waals surface area contributed by atoms with E-state index in [9.17, 15) is 4.57 Å². The number of hydrogen-bond donors (Lipinski definition) is 1. The summed E-state index contributed by atoms with van der Waals surface area (Å²) in [6, 6.07) is 0. The van der Waals surface area contributed by atoms with Crippen LogP contribution in [0.4, 0.5) is 0 Å². The average Bonchev–Trinajstić information content (AvgIpc) is 2.22. The van der Waals surface area contributed by atoms with E-state index in [2.05, 4.69) is 9.05 Å². The molecule has 0 saturated heterocycles. The molecule has 0 aromatic rings. The Kier molecular flexibility index (Phi) is 8.33. The maximum absolute atomic E-state index is 11.1. The van der Waals surface area contributed by atoms with Gasteiger partial charge in [-0.2, -0.15) is 0 Å². The van der Waals surface area contributed by atoms with Gasteiger partial charge in [0.15, 0.2) is 0 Å². The second-order valence-electron chi connectivity index (χ2n) is 2.13. The summed E-state index contributed by atoms with van der Waals surface area (Å²) in [7, 11) is -4.19. The van der Waals surface area contributed by atoms with Gasteiger partial charge >= 0.3 is 7.82 Å². The van der Waals surface area contributed by atoms with Crippen molar-refractivity contribution in [3.05, 3.63) is 21.1 Å². The highest BCUT2D eigenvalue weighted by Crippen LogP contribution is 2.44. The Balaban J connectivity index is 4.03. The van der Waals surface area contributed by atoms with Crippen LogP contribution in [0.5, 0.6) is 0 Å². The molecule has 0 fully saturated rings. The minimum absolute atomic E-state index is 0.0634. The third-order valence-corrected chi connectivity index (χ3v) is 3.07. The normalized spacial score (nSPS) is 17.7. The molecule has 0 amide bonds. The molecule has 0 spiro atoms. The standard InChI is InChI=1S/C6H7Cl4O4P/c7-1-5(9)3-13-15(11,12)14-4-6(10)2-8/h1-2H,3-4H2,(H,11,12). The minimum Gasteiger partial charge on any atom is -0.302 e. The zero-order valence-electron chi connectivity index (χ0n) is 7.20. The number of phosphoric ester groups is 1.